The monoisotopic (exact) mass is 246 g/mol. The molecule has 1 heterocycles. The maximum absolute atomic E-state index is 5.01. The molecule has 0 atom stereocenters. The number of benzene rings is 1. The highest BCUT2D eigenvalue weighted by Crippen LogP contribution is 2.21. The van der Waals surface area contributed by atoms with E-state index in [0.29, 0.717) is 5.92 Å². The normalized spacial score (nSPS) is 11.6. The molecule has 0 fully saturated rings. The van der Waals surface area contributed by atoms with E-state index in [2.05, 4.69) is 48.4 Å². The molecule has 0 bridgehead atoms. The van der Waals surface area contributed by atoms with Gasteiger partial charge in [-0.1, -0.05) is 26.0 Å². The quantitative estimate of drug-likeness (QED) is 0.769. The van der Waals surface area contributed by atoms with Gasteiger partial charge in [-0.3, -0.25) is 0 Å². The van der Waals surface area contributed by atoms with Crippen LogP contribution in [0.15, 0.2) is 24.3 Å². The Morgan fingerprint density at radius 1 is 1.28 bits per heavy atom. The molecule has 3 nitrogen and oxygen atoms in total. The summed E-state index contributed by atoms with van der Waals surface area (Å²) in [4.78, 5) is 3.48. The van der Waals surface area contributed by atoms with E-state index in [9.17, 15) is 0 Å². The second-order valence-corrected chi connectivity index (χ2v) is 4.97. The van der Waals surface area contributed by atoms with Crippen molar-refractivity contribution in [2.75, 3.05) is 20.3 Å². The largest absolute Gasteiger partial charge is 0.383 e. The van der Waals surface area contributed by atoms with Crippen molar-refractivity contribution < 1.29 is 4.74 Å². The molecule has 2 rings (SSSR count). The number of nitrogens with one attached hydrogen (secondary N) is 2. The number of hydrogen-bond donors (Lipinski definition) is 2. The smallest absolute Gasteiger partial charge is 0.0587 e. The first-order valence-corrected chi connectivity index (χ1v) is 6.52. The van der Waals surface area contributed by atoms with E-state index < -0.39 is 0 Å². The van der Waals surface area contributed by atoms with Crippen LogP contribution >= 0.6 is 0 Å². The number of hydrogen-bond acceptors (Lipinski definition) is 2. The van der Waals surface area contributed by atoms with Crippen molar-refractivity contribution in [2.24, 2.45) is 0 Å². The predicted octanol–water partition coefficient (Wildman–Crippen LogP) is 3.03. The van der Waals surface area contributed by atoms with Crippen LogP contribution in [0.5, 0.6) is 0 Å². The van der Waals surface area contributed by atoms with E-state index in [1.54, 1.807) is 7.11 Å². The highest BCUT2D eigenvalue weighted by molar-refractivity contribution is 5.81. The fourth-order valence-electron chi connectivity index (χ4n) is 2.02. The third-order valence-electron chi connectivity index (χ3n) is 3.14. The number of rotatable bonds is 6. The Kier molecular flexibility index (Phi) is 4.39. The van der Waals surface area contributed by atoms with Crippen LogP contribution in [0.3, 0.4) is 0 Å². The molecule has 1 aromatic carbocycles. The van der Waals surface area contributed by atoms with Gasteiger partial charge in [0.15, 0.2) is 0 Å². The maximum Gasteiger partial charge on any atom is 0.0587 e. The molecule has 0 aliphatic carbocycles. The molecule has 98 valence electrons. The van der Waals surface area contributed by atoms with Crippen LogP contribution in [0.1, 0.15) is 31.0 Å². The fourth-order valence-corrected chi connectivity index (χ4v) is 2.02. The molecule has 3 heteroatoms. The number of ether oxygens (including phenoxy) is 1. The minimum absolute atomic E-state index is 0.542. The van der Waals surface area contributed by atoms with Crippen molar-refractivity contribution in [1.82, 2.24) is 10.3 Å². The van der Waals surface area contributed by atoms with Gasteiger partial charge in [-0.2, -0.15) is 0 Å². The molecular weight excluding hydrogens is 224 g/mol. The van der Waals surface area contributed by atoms with Crippen LogP contribution in [-0.2, 0) is 11.3 Å². The van der Waals surface area contributed by atoms with Crippen molar-refractivity contribution in [1.29, 1.82) is 0 Å². The number of aromatic nitrogens is 1. The fraction of sp³-hybridized carbons (Fsp3) is 0.467. The molecule has 0 aliphatic rings. The zero-order valence-corrected chi connectivity index (χ0v) is 11.4. The van der Waals surface area contributed by atoms with Gasteiger partial charge >= 0.3 is 0 Å². The second-order valence-electron chi connectivity index (χ2n) is 4.97. The summed E-state index contributed by atoms with van der Waals surface area (Å²) in [6.07, 6.45) is 0. The zero-order valence-electron chi connectivity index (χ0n) is 11.4. The highest BCUT2D eigenvalue weighted by Gasteiger charge is 2.04. The summed E-state index contributed by atoms with van der Waals surface area (Å²) in [5.41, 5.74) is 3.83. The summed E-state index contributed by atoms with van der Waals surface area (Å²) in [5, 5.41) is 4.65. The Labute approximate surface area is 109 Å². The van der Waals surface area contributed by atoms with E-state index in [1.165, 1.54) is 22.2 Å². The van der Waals surface area contributed by atoms with Gasteiger partial charge in [0, 0.05) is 31.4 Å². The van der Waals surface area contributed by atoms with Crippen molar-refractivity contribution in [3.63, 3.8) is 0 Å². The maximum atomic E-state index is 5.01. The molecule has 2 aromatic rings. The molecule has 2 N–H and O–H groups in total. The summed E-state index contributed by atoms with van der Waals surface area (Å²) in [7, 11) is 1.72. The predicted molar refractivity (Wildman–Crippen MR) is 76.0 cm³/mol. The zero-order chi connectivity index (χ0) is 13.0. The Hall–Kier alpha value is -1.32. The van der Waals surface area contributed by atoms with Crippen LogP contribution < -0.4 is 5.32 Å². The molecule has 0 unspecified atom stereocenters. The number of fused-ring (bicyclic) bond motifs is 1. The minimum Gasteiger partial charge on any atom is -0.383 e. The van der Waals surface area contributed by atoms with Crippen molar-refractivity contribution >= 4 is 10.9 Å². The summed E-state index contributed by atoms with van der Waals surface area (Å²) >= 11 is 0. The van der Waals surface area contributed by atoms with Crippen LogP contribution in [0.2, 0.25) is 0 Å². The van der Waals surface area contributed by atoms with E-state index in [-0.39, 0.29) is 0 Å². The molecule has 0 radical (unpaired) electrons. The lowest BCUT2D eigenvalue weighted by Gasteiger charge is -2.04. The average Bonchev–Trinajstić information content (AvgIpc) is 2.78. The van der Waals surface area contributed by atoms with Crippen LogP contribution in [0, 0.1) is 0 Å². The molecule has 1 aromatic heterocycles. The third kappa shape index (κ3) is 3.12. The van der Waals surface area contributed by atoms with Crippen LogP contribution in [-0.4, -0.2) is 25.2 Å². The molecular formula is C15H22N2O. The summed E-state index contributed by atoms with van der Waals surface area (Å²) in [6.45, 7) is 6.93. The summed E-state index contributed by atoms with van der Waals surface area (Å²) < 4.78 is 5.01. The molecule has 0 saturated carbocycles. The first-order chi connectivity index (χ1) is 8.70. The Morgan fingerprint density at radius 2 is 2.11 bits per heavy atom. The highest BCUT2D eigenvalue weighted by atomic mass is 16.5. The van der Waals surface area contributed by atoms with Gasteiger partial charge in [0.05, 0.1) is 6.61 Å². The van der Waals surface area contributed by atoms with Gasteiger partial charge < -0.3 is 15.0 Å². The van der Waals surface area contributed by atoms with E-state index >= 15 is 0 Å². The van der Waals surface area contributed by atoms with E-state index in [4.69, 9.17) is 4.74 Å². The molecule has 0 saturated heterocycles. The lowest BCUT2D eigenvalue weighted by Crippen LogP contribution is -2.18. The molecule has 0 aliphatic heterocycles. The third-order valence-corrected chi connectivity index (χ3v) is 3.14. The Morgan fingerprint density at radius 3 is 2.83 bits per heavy atom. The summed E-state index contributed by atoms with van der Waals surface area (Å²) in [5.74, 6) is 0.542. The van der Waals surface area contributed by atoms with Gasteiger partial charge in [0.2, 0.25) is 0 Å². The van der Waals surface area contributed by atoms with Crippen LogP contribution in [0.4, 0.5) is 0 Å². The molecule has 18 heavy (non-hydrogen) atoms. The molecule has 0 amide bonds. The number of H-pyrrole nitrogens is 1. The first-order valence-electron chi connectivity index (χ1n) is 6.52. The van der Waals surface area contributed by atoms with Crippen molar-refractivity contribution in [2.45, 2.75) is 26.3 Å². The first kappa shape index (κ1) is 13.1. The lowest BCUT2D eigenvalue weighted by molar-refractivity contribution is 0.199. The number of aromatic amines is 1. The standard InChI is InChI=1S/C15H22N2O/c1-11(2)14-9-13-5-4-12(8-15(13)17-14)10-16-6-7-18-3/h4-5,8-9,11,16-17H,6-7,10H2,1-3H3. The minimum atomic E-state index is 0.542. The van der Waals surface area contributed by atoms with Gasteiger partial charge in [-0.25, -0.2) is 0 Å². The van der Waals surface area contributed by atoms with E-state index in [0.717, 1.165) is 19.7 Å². The van der Waals surface area contributed by atoms with E-state index in [1.807, 2.05) is 0 Å². The van der Waals surface area contributed by atoms with Gasteiger partial charge in [-0.05, 0) is 29.0 Å². The van der Waals surface area contributed by atoms with Crippen molar-refractivity contribution in [3.8, 4) is 0 Å². The lowest BCUT2D eigenvalue weighted by atomic mass is 10.1. The molecule has 0 spiro atoms. The van der Waals surface area contributed by atoms with Crippen molar-refractivity contribution in [3.05, 3.63) is 35.5 Å². The Bertz CT molecular complexity index is 502. The van der Waals surface area contributed by atoms with Crippen LogP contribution in [0.25, 0.3) is 10.9 Å². The second kappa shape index (κ2) is 6.03. The van der Waals surface area contributed by atoms with Gasteiger partial charge in [0.1, 0.15) is 0 Å². The van der Waals surface area contributed by atoms with Gasteiger partial charge in [0.25, 0.3) is 0 Å². The topological polar surface area (TPSA) is 37.0 Å². The Balaban J connectivity index is 2.07. The average molecular weight is 246 g/mol. The summed E-state index contributed by atoms with van der Waals surface area (Å²) in [6, 6.07) is 8.83. The van der Waals surface area contributed by atoms with Gasteiger partial charge in [-0.15, -0.1) is 0 Å². The SMILES string of the molecule is COCCNCc1ccc2cc(C(C)C)[nH]c2c1. The number of methoxy groups -OCH3 is 1.